The number of carbonyl (C=O) groups excluding carboxylic acids is 1. The Kier molecular flexibility index (Phi) is 7.91. The van der Waals surface area contributed by atoms with Crippen LogP contribution in [-0.4, -0.2) is 37.9 Å². The summed E-state index contributed by atoms with van der Waals surface area (Å²) in [5, 5.41) is 10.8. The molecule has 5 nitrogen and oxygen atoms in total. The largest absolute Gasteiger partial charge is 0.457 e. The van der Waals surface area contributed by atoms with E-state index in [2.05, 4.69) is 53.0 Å². The molecule has 5 fully saturated rings. The molecule has 0 spiro atoms. The minimum Gasteiger partial charge on any atom is -0.457 e. The molecule has 1 heterocycles. The number of pyridine rings is 1. The van der Waals surface area contributed by atoms with Gasteiger partial charge in [-0.1, -0.05) is 46.8 Å². The second-order valence-corrected chi connectivity index (χ2v) is 17.7. The smallest absolute Gasteiger partial charge is 0.372 e. The van der Waals surface area contributed by atoms with Gasteiger partial charge >= 0.3 is 5.97 Å². The monoisotopic (exact) mass is 605 g/mol. The van der Waals surface area contributed by atoms with Gasteiger partial charge in [-0.05, 0) is 122 Å². The van der Waals surface area contributed by atoms with Gasteiger partial charge in [0.2, 0.25) is 6.54 Å². The van der Waals surface area contributed by atoms with Crippen molar-refractivity contribution in [3.8, 4) is 0 Å². The maximum absolute atomic E-state index is 13.2. The Morgan fingerprint density at radius 3 is 2.27 bits per heavy atom. The Hall–Kier alpha value is -1.88. The van der Waals surface area contributed by atoms with E-state index in [0.29, 0.717) is 41.6 Å². The van der Waals surface area contributed by atoms with Crippen LogP contribution in [0, 0.1) is 56.7 Å². The van der Waals surface area contributed by atoms with Crippen molar-refractivity contribution in [2.75, 3.05) is 25.6 Å². The molecule has 5 heteroatoms. The fourth-order valence-electron chi connectivity index (χ4n) is 12.9. The van der Waals surface area contributed by atoms with Crippen LogP contribution in [0.4, 0.5) is 5.69 Å². The minimum absolute atomic E-state index is 0.0410. The average molecular weight is 606 g/mol. The summed E-state index contributed by atoms with van der Waals surface area (Å²) in [7, 11) is 4.05. The molecule has 0 bridgehead atoms. The molecule has 244 valence electrons. The van der Waals surface area contributed by atoms with E-state index < -0.39 is 0 Å². The van der Waals surface area contributed by atoms with E-state index in [1.165, 1.54) is 56.9 Å². The van der Waals surface area contributed by atoms with E-state index in [1.54, 1.807) is 0 Å². The first-order valence-electron chi connectivity index (χ1n) is 17.8. The van der Waals surface area contributed by atoms with E-state index in [4.69, 9.17) is 4.74 Å². The fraction of sp³-hybridized carbons (Fsp3) is 0.795. The van der Waals surface area contributed by atoms with E-state index in [-0.39, 0.29) is 40.3 Å². The van der Waals surface area contributed by atoms with E-state index >= 15 is 0 Å². The molecule has 1 N–H and O–H groups in total. The lowest BCUT2D eigenvalue weighted by Crippen LogP contribution is -2.67. The summed E-state index contributed by atoms with van der Waals surface area (Å²) in [4.78, 5) is 15.3. The summed E-state index contributed by atoms with van der Waals surface area (Å²) in [6.45, 7) is 20.1. The summed E-state index contributed by atoms with van der Waals surface area (Å²) < 4.78 is 8.28. The summed E-state index contributed by atoms with van der Waals surface area (Å²) in [6, 6.07) is 4.08. The zero-order valence-corrected chi connectivity index (χ0v) is 29.1. The van der Waals surface area contributed by atoms with Crippen LogP contribution in [0.15, 0.2) is 36.7 Å². The third-order valence-corrected chi connectivity index (χ3v) is 15.5. The molecule has 5 unspecified atom stereocenters. The van der Waals surface area contributed by atoms with Crippen LogP contribution in [0.1, 0.15) is 106 Å². The number of fused-ring (bicyclic) bond motifs is 7. The van der Waals surface area contributed by atoms with Crippen molar-refractivity contribution in [1.82, 2.24) is 0 Å². The van der Waals surface area contributed by atoms with Gasteiger partial charge in [0.05, 0.1) is 0 Å². The van der Waals surface area contributed by atoms with Gasteiger partial charge in [0.15, 0.2) is 12.4 Å². The summed E-state index contributed by atoms with van der Waals surface area (Å²) in [5.74, 6) is 2.91. The SMILES string of the molecule is C=C(C)C1CC[C@]2(CO)CC[C@]3(C)C(CCC4[C@@]5(C)CC[C@H](OC(=O)C[n+]6ccc(N(C)C)cc6)C(C)(C)C5CC[C@]43C)C12. The number of rotatable bonds is 6. The van der Waals surface area contributed by atoms with E-state index in [9.17, 15) is 9.90 Å². The zero-order valence-electron chi connectivity index (χ0n) is 29.1. The molecule has 0 aromatic carbocycles. The lowest BCUT2D eigenvalue weighted by molar-refractivity contribution is -0.686. The molecule has 0 radical (unpaired) electrons. The third kappa shape index (κ3) is 4.55. The van der Waals surface area contributed by atoms with Crippen LogP contribution < -0.4 is 9.47 Å². The number of ether oxygens (including phenoxy) is 1. The molecule has 0 amide bonds. The number of aromatic nitrogens is 1. The Morgan fingerprint density at radius 1 is 0.932 bits per heavy atom. The molecule has 10 atom stereocenters. The van der Waals surface area contributed by atoms with Crippen LogP contribution in [0.25, 0.3) is 0 Å². The lowest BCUT2D eigenvalue weighted by Gasteiger charge is -2.73. The maximum atomic E-state index is 13.2. The van der Waals surface area contributed by atoms with Crippen LogP contribution in [0.5, 0.6) is 0 Å². The Balaban J connectivity index is 1.21. The van der Waals surface area contributed by atoms with Crippen LogP contribution in [0.2, 0.25) is 0 Å². The Labute approximate surface area is 267 Å². The van der Waals surface area contributed by atoms with Gasteiger partial charge in [0, 0.05) is 43.9 Å². The van der Waals surface area contributed by atoms with Gasteiger partial charge in [-0.15, -0.1) is 0 Å². The first-order chi connectivity index (χ1) is 20.6. The topological polar surface area (TPSA) is 53.7 Å². The number of aliphatic hydroxyl groups excluding tert-OH is 1. The molecule has 0 saturated heterocycles. The number of esters is 1. The molecule has 0 aliphatic heterocycles. The standard InChI is InChI=1S/C39H61N2O3/c1-26(2)28-12-19-39(25-42)21-20-37(6)29(34(28)39)10-11-31-36(5)17-14-32(35(3,4)30(36)13-18-38(31,37)7)44-33(43)24-41-22-15-27(16-23-41)40(8)9/h15-16,22-23,28-32,34,42H,1,10-14,17-21,24-25H2,2-9H3/q+1/t28?,29?,30?,31?,32-,34?,36-,37+,38+,39+/m0/s1. The summed E-state index contributed by atoms with van der Waals surface area (Å²) in [5.41, 5.74) is 3.34. The van der Waals surface area contributed by atoms with Crippen molar-refractivity contribution in [3.63, 3.8) is 0 Å². The third-order valence-electron chi connectivity index (χ3n) is 15.5. The minimum atomic E-state index is -0.124. The maximum Gasteiger partial charge on any atom is 0.372 e. The van der Waals surface area contributed by atoms with Gasteiger partial charge in [-0.2, -0.15) is 4.57 Å². The molecule has 5 aliphatic rings. The molecular formula is C39H61N2O3+. The van der Waals surface area contributed by atoms with Crippen molar-refractivity contribution in [1.29, 1.82) is 0 Å². The second kappa shape index (κ2) is 10.8. The molecular weight excluding hydrogens is 544 g/mol. The van der Waals surface area contributed by atoms with Gasteiger partial charge in [-0.3, -0.25) is 0 Å². The number of allylic oxidation sites excluding steroid dienone is 1. The number of hydrogen-bond donors (Lipinski definition) is 1. The van der Waals surface area contributed by atoms with Crippen LogP contribution >= 0.6 is 0 Å². The van der Waals surface area contributed by atoms with Crippen LogP contribution in [-0.2, 0) is 16.1 Å². The van der Waals surface area contributed by atoms with Crippen molar-refractivity contribution >= 4 is 11.7 Å². The van der Waals surface area contributed by atoms with Crippen molar-refractivity contribution in [3.05, 3.63) is 36.7 Å². The number of nitrogens with zero attached hydrogens (tertiary/aromatic N) is 2. The normalized spacial score (nSPS) is 44.0. The molecule has 5 aliphatic carbocycles. The van der Waals surface area contributed by atoms with E-state index in [1.807, 2.05) is 43.2 Å². The number of anilines is 1. The molecule has 1 aromatic rings. The Bertz CT molecular complexity index is 1270. The summed E-state index contributed by atoms with van der Waals surface area (Å²) >= 11 is 0. The predicted octanol–water partition coefficient (Wildman–Crippen LogP) is 7.60. The number of hydrogen-bond acceptors (Lipinski definition) is 4. The second-order valence-electron chi connectivity index (χ2n) is 17.7. The van der Waals surface area contributed by atoms with Gasteiger partial charge in [0.25, 0.3) is 0 Å². The highest BCUT2D eigenvalue weighted by Gasteiger charge is 2.71. The Morgan fingerprint density at radius 2 is 1.64 bits per heavy atom. The highest BCUT2D eigenvalue weighted by molar-refractivity contribution is 5.68. The summed E-state index contributed by atoms with van der Waals surface area (Å²) in [6.07, 6.45) is 15.9. The molecule has 6 rings (SSSR count). The molecule has 44 heavy (non-hydrogen) atoms. The van der Waals surface area contributed by atoms with Gasteiger partial charge in [-0.25, -0.2) is 4.79 Å². The van der Waals surface area contributed by atoms with Gasteiger partial charge < -0.3 is 14.7 Å². The number of carbonyl (C=O) groups is 1. The van der Waals surface area contributed by atoms with Crippen molar-refractivity contribution in [2.24, 2.45) is 56.7 Å². The molecule has 1 aromatic heterocycles. The lowest BCUT2D eigenvalue weighted by atomic mass is 9.32. The first-order valence-corrected chi connectivity index (χ1v) is 17.8. The predicted molar refractivity (Wildman–Crippen MR) is 177 cm³/mol. The quantitative estimate of drug-likeness (QED) is 0.206. The first kappa shape index (κ1) is 32.1. The highest BCUT2D eigenvalue weighted by Crippen LogP contribution is 2.77. The fourth-order valence-corrected chi connectivity index (χ4v) is 12.9. The van der Waals surface area contributed by atoms with Gasteiger partial charge in [0.1, 0.15) is 6.10 Å². The number of aliphatic hydroxyl groups is 1. The average Bonchev–Trinajstić information content (AvgIpc) is 3.36. The van der Waals surface area contributed by atoms with Crippen molar-refractivity contribution < 1.29 is 19.2 Å². The van der Waals surface area contributed by atoms with Crippen molar-refractivity contribution in [2.45, 2.75) is 118 Å². The van der Waals surface area contributed by atoms with E-state index in [0.717, 1.165) is 18.5 Å². The molecule has 5 saturated carbocycles. The highest BCUT2D eigenvalue weighted by atomic mass is 16.5. The van der Waals surface area contributed by atoms with Crippen LogP contribution in [0.3, 0.4) is 0 Å². The zero-order chi connectivity index (χ0) is 31.9.